The van der Waals surface area contributed by atoms with Gasteiger partial charge in [0.1, 0.15) is 5.78 Å². The van der Waals surface area contributed by atoms with Crippen molar-refractivity contribution in [1.29, 1.82) is 0 Å². The van der Waals surface area contributed by atoms with E-state index in [0.717, 1.165) is 44.1 Å². The summed E-state index contributed by atoms with van der Waals surface area (Å²) in [6.45, 7) is 8.69. The van der Waals surface area contributed by atoms with E-state index in [-0.39, 0.29) is 11.5 Å². The van der Waals surface area contributed by atoms with Crippen LogP contribution in [-0.2, 0) is 11.0 Å². The maximum absolute atomic E-state index is 12.8. The van der Waals surface area contributed by atoms with Crippen LogP contribution in [0.25, 0.3) is 0 Å². The largest absolute Gasteiger partial charge is 0.419 e. The number of halogens is 3. The van der Waals surface area contributed by atoms with Crippen LogP contribution >= 0.6 is 11.9 Å². The third-order valence-corrected chi connectivity index (χ3v) is 8.49. The standard InChI is InChI=1S/C21H29F3N4OS/c1-13(2)18-15-4-5-20(18,17(29)8-15)12-30-27-6-7-28(14(3)11-27)19-25-9-16(10-26-19)21(22,23)24/h9-10,13-15,18H,4-8,11-12H2,1-3H3/t14-,15+,18?,20+/m0/s1. The molecule has 5 nitrogen and oxygen atoms in total. The zero-order chi connectivity index (χ0) is 21.7. The van der Waals surface area contributed by atoms with Crippen molar-refractivity contribution in [2.45, 2.75) is 52.3 Å². The van der Waals surface area contributed by atoms with E-state index in [1.165, 1.54) is 6.42 Å². The number of carbonyl (C=O) groups excluding carboxylic acids is 1. The Morgan fingerprint density at radius 1 is 1.27 bits per heavy atom. The first kappa shape index (κ1) is 21.9. The molecule has 1 unspecified atom stereocenters. The molecule has 1 aromatic rings. The molecule has 166 valence electrons. The van der Waals surface area contributed by atoms with Crippen LogP contribution in [0.1, 0.15) is 45.6 Å². The van der Waals surface area contributed by atoms with Gasteiger partial charge in [0.05, 0.1) is 5.56 Å². The Bertz CT molecular complexity index is 787. The highest BCUT2D eigenvalue weighted by atomic mass is 32.2. The van der Waals surface area contributed by atoms with Crippen LogP contribution in [0.3, 0.4) is 0 Å². The summed E-state index contributed by atoms with van der Waals surface area (Å²) in [4.78, 5) is 22.7. The van der Waals surface area contributed by atoms with Crippen LogP contribution in [0.5, 0.6) is 0 Å². The molecule has 0 N–H and O–H groups in total. The van der Waals surface area contributed by atoms with E-state index in [2.05, 4.69) is 28.1 Å². The van der Waals surface area contributed by atoms with Gasteiger partial charge in [-0.25, -0.2) is 14.3 Å². The molecule has 0 radical (unpaired) electrons. The summed E-state index contributed by atoms with van der Waals surface area (Å²) in [5.41, 5.74) is -0.997. The highest BCUT2D eigenvalue weighted by Crippen LogP contribution is 2.60. The zero-order valence-corrected chi connectivity index (χ0v) is 18.5. The fraction of sp³-hybridized carbons (Fsp3) is 0.762. The molecule has 2 heterocycles. The van der Waals surface area contributed by atoms with Gasteiger partial charge < -0.3 is 4.90 Å². The highest BCUT2D eigenvalue weighted by Gasteiger charge is 2.59. The molecule has 1 saturated heterocycles. The summed E-state index contributed by atoms with van der Waals surface area (Å²) in [6.07, 6.45) is 0.210. The highest BCUT2D eigenvalue weighted by molar-refractivity contribution is 7.97. The molecule has 0 spiro atoms. The van der Waals surface area contributed by atoms with Crippen molar-refractivity contribution < 1.29 is 18.0 Å². The number of hydrogen-bond acceptors (Lipinski definition) is 6. The van der Waals surface area contributed by atoms with Crippen LogP contribution < -0.4 is 4.90 Å². The molecule has 3 aliphatic rings. The summed E-state index contributed by atoms with van der Waals surface area (Å²) in [7, 11) is 0. The molecule has 9 heteroatoms. The Balaban J connectivity index is 1.36. The van der Waals surface area contributed by atoms with E-state index in [1.807, 2.05) is 11.8 Å². The number of fused-ring (bicyclic) bond motifs is 2. The maximum Gasteiger partial charge on any atom is 0.419 e. The van der Waals surface area contributed by atoms with E-state index in [9.17, 15) is 18.0 Å². The van der Waals surface area contributed by atoms with E-state index >= 15 is 0 Å². The first-order valence-electron chi connectivity index (χ1n) is 10.7. The lowest BCUT2D eigenvalue weighted by Gasteiger charge is -2.41. The van der Waals surface area contributed by atoms with E-state index in [4.69, 9.17) is 0 Å². The molecular weight excluding hydrogens is 413 g/mol. The molecule has 2 saturated carbocycles. The van der Waals surface area contributed by atoms with Crippen molar-refractivity contribution in [3.8, 4) is 0 Å². The van der Waals surface area contributed by atoms with Crippen molar-refractivity contribution in [2.75, 3.05) is 30.3 Å². The van der Waals surface area contributed by atoms with Crippen LogP contribution in [0.4, 0.5) is 19.1 Å². The average molecular weight is 443 g/mol. The Labute approximate surface area is 179 Å². The minimum absolute atomic E-state index is 0.0805. The molecule has 1 aromatic heterocycles. The normalized spacial score (nSPS) is 32.4. The lowest BCUT2D eigenvalue weighted by atomic mass is 9.75. The van der Waals surface area contributed by atoms with Gasteiger partial charge >= 0.3 is 6.18 Å². The van der Waals surface area contributed by atoms with Gasteiger partial charge in [-0.3, -0.25) is 4.79 Å². The molecule has 2 aliphatic carbocycles. The van der Waals surface area contributed by atoms with Crippen LogP contribution in [0.2, 0.25) is 0 Å². The van der Waals surface area contributed by atoms with Crippen LogP contribution in [-0.4, -0.2) is 51.5 Å². The second-order valence-corrected chi connectivity index (χ2v) is 10.4. The quantitative estimate of drug-likeness (QED) is 0.634. The minimum atomic E-state index is -4.43. The second kappa shape index (κ2) is 7.97. The topological polar surface area (TPSA) is 49.3 Å². The van der Waals surface area contributed by atoms with E-state index < -0.39 is 11.7 Å². The first-order chi connectivity index (χ1) is 14.1. The van der Waals surface area contributed by atoms with Gasteiger partial charge in [0.2, 0.25) is 5.95 Å². The summed E-state index contributed by atoms with van der Waals surface area (Å²) in [5, 5.41) is 0. The van der Waals surface area contributed by atoms with Crippen molar-refractivity contribution in [3.63, 3.8) is 0 Å². The average Bonchev–Trinajstić information content (AvgIpc) is 3.18. The number of rotatable bonds is 5. The Morgan fingerprint density at radius 2 is 1.97 bits per heavy atom. The van der Waals surface area contributed by atoms with E-state index in [1.54, 1.807) is 11.9 Å². The molecule has 30 heavy (non-hydrogen) atoms. The molecular formula is C21H29F3N4OS. The minimum Gasteiger partial charge on any atom is -0.335 e. The maximum atomic E-state index is 12.8. The number of alkyl halides is 3. The lowest BCUT2D eigenvalue weighted by Crippen LogP contribution is -2.51. The zero-order valence-electron chi connectivity index (χ0n) is 17.7. The Hall–Kier alpha value is -1.35. The van der Waals surface area contributed by atoms with Gasteiger partial charge in [0.25, 0.3) is 0 Å². The second-order valence-electron chi connectivity index (χ2n) is 9.33. The van der Waals surface area contributed by atoms with E-state index in [0.29, 0.717) is 36.0 Å². The Morgan fingerprint density at radius 3 is 2.53 bits per heavy atom. The third kappa shape index (κ3) is 3.83. The molecule has 0 amide bonds. The number of anilines is 1. The summed E-state index contributed by atoms with van der Waals surface area (Å²) >= 11 is 1.77. The number of carbonyl (C=O) groups is 1. The third-order valence-electron chi connectivity index (χ3n) is 7.15. The predicted molar refractivity (Wildman–Crippen MR) is 111 cm³/mol. The van der Waals surface area contributed by atoms with Gasteiger partial charge in [-0.2, -0.15) is 13.2 Å². The fourth-order valence-electron chi connectivity index (χ4n) is 5.83. The summed E-state index contributed by atoms with van der Waals surface area (Å²) in [5.74, 6) is 3.21. The number of aromatic nitrogens is 2. The van der Waals surface area contributed by atoms with Crippen molar-refractivity contribution in [2.24, 2.45) is 23.2 Å². The van der Waals surface area contributed by atoms with Crippen molar-refractivity contribution >= 4 is 23.7 Å². The molecule has 4 rings (SSSR count). The van der Waals surface area contributed by atoms with Crippen molar-refractivity contribution in [3.05, 3.63) is 18.0 Å². The van der Waals surface area contributed by atoms with Gasteiger partial charge in [-0.1, -0.05) is 25.8 Å². The number of nitrogens with zero attached hydrogens (tertiary/aromatic N) is 4. The summed E-state index contributed by atoms with van der Waals surface area (Å²) < 4.78 is 40.5. The van der Waals surface area contributed by atoms with Crippen LogP contribution in [0, 0.1) is 23.2 Å². The first-order valence-corrected chi connectivity index (χ1v) is 11.6. The van der Waals surface area contributed by atoms with Gasteiger partial charge in [-0.15, -0.1) is 0 Å². The van der Waals surface area contributed by atoms with Gasteiger partial charge in [0, 0.05) is 55.7 Å². The SMILES string of the molecule is CC(C)C1[C@@H]2CC[C@@]1(CSN1CCN(c3ncc(C(F)(F)F)cn3)[C@@H](C)C1)C(=O)C2. The van der Waals surface area contributed by atoms with Crippen LogP contribution in [0.15, 0.2) is 12.4 Å². The lowest BCUT2D eigenvalue weighted by molar-refractivity contribution is -0.138. The monoisotopic (exact) mass is 442 g/mol. The number of Topliss-reactive ketones (excluding diaryl/α,β-unsaturated/α-hetero) is 1. The fourth-order valence-corrected chi connectivity index (χ4v) is 7.27. The number of piperazine rings is 1. The smallest absolute Gasteiger partial charge is 0.335 e. The molecule has 3 fully saturated rings. The molecule has 2 bridgehead atoms. The number of hydrogen-bond donors (Lipinski definition) is 0. The van der Waals surface area contributed by atoms with Gasteiger partial charge in [0.15, 0.2) is 0 Å². The van der Waals surface area contributed by atoms with Crippen molar-refractivity contribution in [1.82, 2.24) is 14.3 Å². The molecule has 0 aromatic carbocycles. The molecule has 1 aliphatic heterocycles. The number of ketones is 1. The molecule has 4 atom stereocenters. The Kier molecular flexibility index (Phi) is 5.81. The van der Waals surface area contributed by atoms with Gasteiger partial charge in [-0.05, 0) is 37.5 Å². The summed E-state index contributed by atoms with van der Waals surface area (Å²) in [6, 6.07) is 0.0805. The predicted octanol–water partition coefficient (Wildman–Crippen LogP) is 4.30.